The van der Waals surface area contributed by atoms with Gasteiger partial charge in [0.25, 0.3) is 0 Å². The molecular formula is C13H24N4O3. The average molecular weight is 284 g/mol. The van der Waals surface area contributed by atoms with E-state index in [2.05, 4.69) is 5.16 Å². The molecule has 0 saturated heterocycles. The van der Waals surface area contributed by atoms with Gasteiger partial charge in [-0.3, -0.25) is 9.59 Å². The highest BCUT2D eigenvalue weighted by molar-refractivity contribution is 6.08. The van der Waals surface area contributed by atoms with Gasteiger partial charge < -0.3 is 20.7 Å². The van der Waals surface area contributed by atoms with E-state index in [0.29, 0.717) is 25.3 Å². The lowest BCUT2D eigenvalue weighted by Crippen LogP contribution is -2.58. The van der Waals surface area contributed by atoms with Crippen molar-refractivity contribution in [1.82, 2.24) is 9.80 Å². The molecule has 0 spiro atoms. The highest BCUT2D eigenvalue weighted by Gasteiger charge is 2.53. The summed E-state index contributed by atoms with van der Waals surface area (Å²) in [6, 6.07) is 0. The zero-order chi connectivity index (χ0) is 15.5. The van der Waals surface area contributed by atoms with E-state index in [1.165, 1.54) is 9.80 Å². The fourth-order valence-corrected chi connectivity index (χ4v) is 2.65. The third-order valence-electron chi connectivity index (χ3n) is 3.90. The van der Waals surface area contributed by atoms with Crippen molar-refractivity contribution >= 4 is 17.6 Å². The van der Waals surface area contributed by atoms with E-state index in [1.54, 1.807) is 14.1 Å². The molecule has 0 heterocycles. The van der Waals surface area contributed by atoms with Gasteiger partial charge in [-0.05, 0) is 25.7 Å². The summed E-state index contributed by atoms with van der Waals surface area (Å²) in [4.78, 5) is 27.3. The Hall–Kier alpha value is -1.79. The first-order valence-electron chi connectivity index (χ1n) is 6.76. The Balaban J connectivity index is 2.91. The van der Waals surface area contributed by atoms with Crippen LogP contribution in [0.2, 0.25) is 0 Å². The SMILES string of the molecule is CCN(CC(=O)N(C)C)C(=O)C1(C(N)=NO)CC(C)C1. The van der Waals surface area contributed by atoms with Gasteiger partial charge in [0.1, 0.15) is 5.41 Å². The van der Waals surface area contributed by atoms with Crippen LogP contribution in [0, 0.1) is 11.3 Å². The first-order chi connectivity index (χ1) is 9.28. The van der Waals surface area contributed by atoms with Crippen molar-refractivity contribution in [3.8, 4) is 0 Å². The summed E-state index contributed by atoms with van der Waals surface area (Å²) < 4.78 is 0. The highest BCUT2D eigenvalue weighted by atomic mass is 16.4. The lowest BCUT2D eigenvalue weighted by molar-refractivity contribution is -0.148. The van der Waals surface area contributed by atoms with Gasteiger partial charge in [-0.2, -0.15) is 0 Å². The molecule has 7 nitrogen and oxygen atoms in total. The molecular weight excluding hydrogens is 260 g/mol. The van der Waals surface area contributed by atoms with E-state index >= 15 is 0 Å². The number of hydrogen-bond donors (Lipinski definition) is 2. The molecule has 0 unspecified atom stereocenters. The molecule has 1 rings (SSSR count). The minimum absolute atomic E-state index is 0.0111. The molecule has 3 N–H and O–H groups in total. The van der Waals surface area contributed by atoms with Crippen LogP contribution >= 0.6 is 0 Å². The van der Waals surface area contributed by atoms with E-state index in [-0.39, 0.29) is 24.2 Å². The number of amides is 2. The summed E-state index contributed by atoms with van der Waals surface area (Å²) in [5.41, 5.74) is 4.77. The second-order valence-corrected chi connectivity index (χ2v) is 5.69. The molecule has 1 saturated carbocycles. The fourth-order valence-electron chi connectivity index (χ4n) is 2.65. The lowest BCUT2D eigenvalue weighted by Gasteiger charge is -2.46. The van der Waals surface area contributed by atoms with Gasteiger partial charge >= 0.3 is 0 Å². The number of nitrogens with zero attached hydrogens (tertiary/aromatic N) is 3. The second kappa shape index (κ2) is 6.11. The standard InChI is InChI=1S/C13H24N4O3/c1-5-17(8-10(18)16(3)4)12(19)13(11(14)15-20)6-9(2)7-13/h9,20H,5-8H2,1-4H3,(H2,14,15). The summed E-state index contributed by atoms with van der Waals surface area (Å²) in [6.07, 6.45) is 1.10. The van der Waals surface area contributed by atoms with Crippen LogP contribution < -0.4 is 5.73 Å². The Bertz CT molecular complexity index is 414. The van der Waals surface area contributed by atoms with E-state index < -0.39 is 5.41 Å². The molecule has 1 aliphatic carbocycles. The van der Waals surface area contributed by atoms with Gasteiger partial charge in [0.2, 0.25) is 11.8 Å². The predicted molar refractivity (Wildman–Crippen MR) is 75.2 cm³/mol. The largest absolute Gasteiger partial charge is 0.409 e. The third kappa shape index (κ3) is 2.86. The van der Waals surface area contributed by atoms with Crippen molar-refractivity contribution in [1.29, 1.82) is 0 Å². The van der Waals surface area contributed by atoms with E-state index in [0.717, 1.165) is 0 Å². The quantitative estimate of drug-likeness (QED) is 0.323. The van der Waals surface area contributed by atoms with E-state index in [4.69, 9.17) is 10.9 Å². The monoisotopic (exact) mass is 284 g/mol. The second-order valence-electron chi connectivity index (χ2n) is 5.69. The van der Waals surface area contributed by atoms with Crippen LogP contribution in [0.1, 0.15) is 26.7 Å². The van der Waals surface area contributed by atoms with Gasteiger partial charge in [-0.25, -0.2) is 0 Å². The summed E-state index contributed by atoms with van der Waals surface area (Å²) in [5.74, 6) is -0.0929. The molecule has 7 heteroatoms. The highest BCUT2D eigenvalue weighted by Crippen LogP contribution is 2.47. The normalized spacial score (nSPS) is 25.8. The molecule has 0 aliphatic heterocycles. The fraction of sp³-hybridized carbons (Fsp3) is 0.769. The molecule has 114 valence electrons. The van der Waals surface area contributed by atoms with Crippen molar-refractivity contribution < 1.29 is 14.8 Å². The lowest BCUT2D eigenvalue weighted by atomic mass is 9.61. The number of oxime groups is 1. The maximum absolute atomic E-state index is 12.7. The first kappa shape index (κ1) is 16.3. The summed E-state index contributed by atoms with van der Waals surface area (Å²) in [6.45, 7) is 4.24. The van der Waals surface area contributed by atoms with Crippen LogP contribution in [0.25, 0.3) is 0 Å². The van der Waals surface area contributed by atoms with Gasteiger partial charge in [0, 0.05) is 20.6 Å². The number of amidine groups is 1. The van der Waals surface area contributed by atoms with Gasteiger partial charge in [-0.1, -0.05) is 12.1 Å². The minimum Gasteiger partial charge on any atom is -0.409 e. The summed E-state index contributed by atoms with van der Waals surface area (Å²) in [7, 11) is 3.29. The number of nitrogens with two attached hydrogens (primary N) is 1. The van der Waals surface area contributed by atoms with E-state index in [9.17, 15) is 9.59 Å². The Labute approximate surface area is 119 Å². The zero-order valence-corrected chi connectivity index (χ0v) is 12.6. The molecule has 0 aromatic heterocycles. The van der Waals surface area contributed by atoms with Crippen molar-refractivity contribution in [3.63, 3.8) is 0 Å². The molecule has 1 aliphatic rings. The summed E-state index contributed by atoms with van der Waals surface area (Å²) >= 11 is 0. The molecule has 0 aromatic rings. The van der Waals surface area contributed by atoms with Gasteiger partial charge in [-0.15, -0.1) is 0 Å². The third-order valence-corrected chi connectivity index (χ3v) is 3.90. The first-order valence-corrected chi connectivity index (χ1v) is 6.76. The molecule has 0 aromatic carbocycles. The number of likely N-dealkylation sites (N-methyl/N-ethyl adjacent to an activating group) is 2. The van der Waals surface area contributed by atoms with Crippen molar-refractivity contribution in [2.45, 2.75) is 26.7 Å². The summed E-state index contributed by atoms with van der Waals surface area (Å²) in [5, 5.41) is 11.9. The zero-order valence-electron chi connectivity index (χ0n) is 12.6. The molecule has 1 fully saturated rings. The predicted octanol–water partition coefficient (Wildman–Crippen LogP) is 0.0858. The molecule has 0 bridgehead atoms. The molecule has 0 radical (unpaired) electrons. The molecule has 2 amide bonds. The van der Waals surface area contributed by atoms with Crippen molar-refractivity contribution in [3.05, 3.63) is 0 Å². The molecule has 20 heavy (non-hydrogen) atoms. The average Bonchev–Trinajstić information content (AvgIpc) is 2.38. The number of carbonyl (C=O) groups excluding carboxylic acids is 2. The van der Waals surface area contributed by atoms with E-state index in [1.807, 2.05) is 13.8 Å². The van der Waals surface area contributed by atoms with Crippen molar-refractivity contribution in [2.24, 2.45) is 22.2 Å². The van der Waals surface area contributed by atoms with Crippen LogP contribution in [0.15, 0.2) is 5.16 Å². The Morgan fingerprint density at radius 3 is 2.30 bits per heavy atom. The van der Waals surface area contributed by atoms with Gasteiger partial charge in [0.15, 0.2) is 5.84 Å². The van der Waals surface area contributed by atoms with Crippen LogP contribution in [-0.4, -0.2) is 59.8 Å². The van der Waals surface area contributed by atoms with Crippen molar-refractivity contribution in [2.75, 3.05) is 27.2 Å². The maximum atomic E-state index is 12.7. The molecule has 0 atom stereocenters. The van der Waals surface area contributed by atoms with Crippen LogP contribution in [0.4, 0.5) is 0 Å². The van der Waals surface area contributed by atoms with Gasteiger partial charge in [0.05, 0.1) is 6.54 Å². The topological polar surface area (TPSA) is 99.2 Å². The Morgan fingerprint density at radius 2 is 1.95 bits per heavy atom. The Kier molecular flexibility index (Phi) is 4.97. The smallest absolute Gasteiger partial charge is 0.241 e. The minimum atomic E-state index is -0.948. The maximum Gasteiger partial charge on any atom is 0.241 e. The Morgan fingerprint density at radius 1 is 1.40 bits per heavy atom. The van der Waals surface area contributed by atoms with Crippen LogP contribution in [0.3, 0.4) is 0 Å². The number of hydrogen-bond acceptors (Lipinski definition) is 4. The number of carbonyl (C=O) groups is 2. The number of rotatable bonds is 5. The van der Waals surface area contributed by atoms with Crippen LogP contribution in [0.5, 0.6) is 0 Å². The van der Waals surface area contributed by atoms with Crippen LogP contribution in [-0.2, 0) is 9.59 Å².